The van der Waals surface area contributed by atoms with Gasteiger partial charge in [-0.05, 0) is 48.5 Å². The second kappa shape index (κ2) is 5.94. The van der Waals surface area contributed by atoms with Crippen LogP contribution >= 0.6 is 0 Å². The molecule has 0 radical (unpaired) electrons. The molecule has 0 aliphatic carbocycles. The normalized spacial score (nSPS) is 15.5. The summed E-state index contributed by atoms with van der Waals surface area (Å²) < 4.78 is 26.3. The van der Waals surface area contributed by atoms with Crippen molar-refractivity contribution in [1.82, 2.24) is 4.98 Å². The van der Waals surface area contributed by atoms with Gasteiger partial charge in [0.05, 0.1) is 24.2 Å². The summed E-state index contributed by atoms with van der Waals surface area (Å²) in [4.78, 5) is 16.9. The van der Waals surface area contributed by atoms with E-state index in [2.05, 4.69) is 10.3 Å². The molecule has 0 amide bonds. The first-order valence-corrected chi connectivity index (χ1v) is 8.03. The first kappa shape index (κ1) is 16.3. The second-order valence-corrected chi connectivity index (χ2v) is 6.28. The van der Waals surface area contributed by atoms with Crippen molar-refractivity contribution in [3.63, 3.8) is 0 Å². The van der Waals surface area contributed by atoms with Gasteiger partial charge in [0.2, 0.25) is 0 Å². The molecular formula is C19H15F2N3O2. The Balaban J connectivity index is 1.65. The number of alkyl halides is 2. The molecule has 1 fully saturated rings. The summed E-state index contributed by atoms with van der Waals surface area (Å²) in [6, 6.07) is 13.6. The molecule has 1 aliphatic heterocycles. The molecule has 0 atom stereocenters. The molecular weight excluding hydrogens is 340 g/mol. The number of carbonyl (C=O) groups is 1. The quantitative estimate of drug-likeness (QED) is 0.737. The van der Waals surface area contributed by atoms with Gasteiger partial charge in [-0.3, -0.25) is 4.98 Å². The van der Waals surface area contributed by atoms with Crippen LogP contribution in [0.4, 0.5) is 25.8 Å². The van der Waals surface area contributed by atoms with Crippen LogP contribution in [0.1, 0.15) is 10.4 Å². The number of aromatic nitrogens is 1. The molecule has 5 nitrogen and oxygen atoms in total. The topological polar surface area (TPSA) is 65.5 Å². The highest BCUT2D eigenvalue weighted by molar-refractivity contribution is 5.95. The highest BCUT2D eigenvalue weighted by Gasteiger charge is 2.43. The van der Waals surface area contributed by atoms with Gasteiger partial charge in [0, 0.05) is 28.6 Å². The van der Waals surface area contributed by atoms with Crippen molar-refractivity contribution in [2.45, 2.75) is 5.92 Å². The van der Waals surface area contributed by atoms with Crippen molar-refractivity contribution in [3.05, 3.63) is 60.3 Å². The molecule has 7 heteroatoms. The van der Waals surface area contributed by atoms with Crippen molar-refractivity contribution in [2.24, 2.45) is 0 Å². The fourth-order valence-corrected chi connectivity index (χ4v) is 2.99. The molecule has 132 valence electrons. The molecule has 0 unspecified atom stereocenters. The number of halogens is 2. The molecule has 2 heterocycles. The Kier molecular flexibility index (Phi) is 3.72. The van der Waals surface area contributed by atoms with E-state index >= 15 is 0 Å². The summed E-state index contributed by atoms with van der Waals surface area (Å²) in [5.41, 5.74) is 3.17. The lowest BCUT2D eigenvalue weighted by Gasteiger charge is -2.40. The Bertz CT molecular complexity index is 982. The number of rotatable bonds is 4. The second-order valence-electron chi connectivity index (χ2n) is 6.28. The molecule has 1 aliphatic rings. The number of benzene rings is 2. The van der Waals surface area contributed by atoms with E-state index in [1.165, 1.54) is 12.1 Å². The highest BCUT2D eigenvalue weighted by Crippen LogP contribution is 2.35. The third-order valence-electron chi connectivity index (χ3n) is 4.35. The van der Waals surface area contributed by atoms with Gasteiger partial charge >= 0.3 is 5.97 Å². The molecule has 1 aromatic heterocycles. The number of aromatic carboxylic acids is 1. The summed E-state index contributed by atoms with van der Waals surface area (Å²) in [7, 11) is 0. The van der Waals surface area contributed by atoms with Crippen LogP contribution < -0.4 is 10.2 Å². The molecule has 1 saturated heterocycles. The lowest BCUT2D eigenvalue weighted by Crippen LogP contribution is -2.56. The van der Waals surface area contributed by atoms with Gasteiger partial charge in [0.1, 0.15) is 0 Å². The van der Waals surface area contributed by atoms with Gasteiger partial charge in [0.15, 0.2) is 0 Å². The molecule has 0 spiro atoms. The number of nitrogens with one attached hydrogen (secondary N) is 1. The van der Waals surface area contributed by atoms with Gasteiger partial charge in [-0.1, -0.05) is 0 Å². The smallest absolute Gasteiger partial charge is 0.335 e. The maximum absolute atomic E-state index is 13.1. The molecule has 2 N–H and O–H groups in total. The van der Waals surface area contributed by atoms with Crippen LogP contribution in [0.2, 0.25) is 0 Å². The Morgan fingerprint density at radius 3 is 2.50 bits per heavy atom. The van der Waals surface area contributed by atoms with Crippen LogP contribution in [0.25, 0.3) is 10.9 Å². The maximum Gasteiger partial charge on any atom is 0.335 e. The van der Waals surface area contributed by atoms with Crippen LogP contribution in [-0.2, 0) is 0 Å². The molecule has 0 saturated carbocycles. The number of carboxylic acid groups (broad SMARTS) is 1. The zero-order chi connectivity index (χ0) is 18.3. The SMILES string of the molecule is O=C(O)c1ccc(Nc2ccnc3ccc(N4CC(F)(F)C4)cc23)cc1. The van der Waals surface area contributed by atoms with Gasteiger partial charge in [0.25, 0.3) is 5.92 Å². The molecule has 2 aromatic carbocycles. The number of hydrogen-bond acceptors (Lipinski definition) is 4. The highest BCUT2D eigenvalue weighted by atomic mass is 19.3. The first-order valence-electron chi connectivity index (χ1n) is 8.03. The van der Waals surface area contributed by atoms with E-state index in [9.17, 15) is 13.6 Å². The van der Waals surface area contributed by atoms with Gasteiger partial charge in [-0.2, -0.15) is 0 Å². The summed E-state index contributed by atoms with van der Waals surface area (Å²) >= 11 is 0. The van der Waals surface area contributed by atoms with Crippen molar-refractivity contribution in [1.29, 1.82) is 0 Å². The predicted octanol–water partition coefficient (Wildman–Crippen LogP) is 4.13. The van der Waals surface area contributed by atoms with Crippen LogP contribution in [0, 0.1) is 0 Å². The largest absolute Gasteiger partial charge is 0.478 e. The summed E-state index contributed by atoms with van der Waals surface area (Å²) in [6.45, 7) is -0.559. The van der Waals surface area contributed by atoms with Crippen molar-refractivity contribution >= 4 is 33.9 Å². The van der Waals surface area contributed by atoms with Gasteiger partial charge in [-0.15, -0.1) is 0 Å². The van der Waals surface area contributed by atoms with E-state index in [1.807, 2.05) is 6.07 Å². The average Bonchev–Trinajstić information content (AvgIpc) is 2.60. The number of fused-ring (bicyclic) bond motifs is 1. The van der Waals surface area contributed by atoms with Gasteiger partial charge in [-0.25, -0.2) is 13.6 Å². The third kappa shape index (κ3) is 3.03. The fourth-order valence-electron chi connectivity index (χ4n) is 2.99. The number of nitrogens with zero attached hydrogens (tertiary/aromatic N) is 2. The van der Waals surface area contributed by atoms with Crippen molar-refractivity contribution in [3.8, 4) is 0 Å². The number of hydrogen-bond donors (Lipinski definition) is 2. The minimum absolute atomic E-state index is 0.205. The summed E-state index contributed by atoms with van der Waals surface area (Å²) in [5.74, 6) is -3.61. The fraction of sp³-hybridized carbons (Fsp3) is 0.158. The standard InChI is InChI=1S/C19H15F2N3O2/c20-19(21)10-24(11-19)14-5-6-16-15(9-14)17(7-8-22-16)23-13-3-1-12(2-4-13)18(25)26/h1-9H,10-11H2,(H,22,23)(H,25,26). The Hall–Kier alpha value is -3.22. The minimum Gasteiger partial charge on any atom is -0.478 e. The Morgan fingerprint density at radius 1 is 1.12 bits per heavy atom. The molecule has 3 aromatic rings. The molecule has 26 heavy (non-hydrogen) atoms. The van der Waals surface area contributed by atoms with E-state index in [1.54, 1.807) is 41.4 Å². The molecule has 0 bridgehead atoms. The molecule has 4 rings (SSSR count). The van der Waals surface area contributed by atoms with Crippen molar-refractivity contribution < 1.29 is 18.7 Å². The van der Waals surface area contributed by atoms with E-state index in [4.69, 9.17) is 5.11 Å². The Morgan fingerprint density at radius 2 is 1.85 bits per heavy atom. The van der Waals surface area contributed by atoms with Crippen LogP contribution in [0.15, 0.2) is 54.7 Å². The Labute approximate surface area is 147 Å². The monoisotopic (exact) mass is 355 g/mol. The zero-order valence-electron chi connectivity index (χ0n) is 13.6. The number of carboxylic acids is 1. The van der Waals surface area contributed by atoms with E-state index in [0.717, 1.165) is 28.0 Å². The first-order chi connectivity index (χ1) is 12.4. The minimum atomic E-state index is -2.63. The summed E-state index contributed by atoms with van der Waals surface area (Å²) in [6.07, 6.45) is 1.66. The van der Waals surface area contributed by atoms with Crippen LogP contribution in [0.3, 0.4) is 0 Å². The average molecular weight is 355 g/mol. The third-order valence-corrected chi connectivity index (χ3v) is 4.35. The predicted molar refractivity (Wildman–Crippen MR) is 95.6 cm³/mol. The van der Waals surface area contributed by atoms with Crippen LogP contribution in [0.5, 0.6) is 0 Å². The lowest BCUT2D eigenvalue weighted by atomic mass is 10.1. The van der Waals surface area contributed by atoms with Crippen LogP contribution in [-0.4, -0.2) is 35.1 Å². The van der Waals surface area contributed by atoms with E-state index in [0.29, 0.717) is 0 Å². The van der Waals surface area contributed by atoms with E-state index < -0.39 is 11.9 Å². The maximum atomic E-state index is 13.1. The summed E-state index contributed by atoms with van der Waals surface area (Å²) in [5, 5.41) is 13.0. The van der Waals surface area contributed by atoms with Gasteiger partial charge < -0.3 is 15.3 Å². The zero-order valence-corrected chi connectivity index (χ0v) is 13.6. The van der Waals surface area contributed by atoms with Crippen molar-refractivity contribution in [2.75, 3.05) is 23.3 Å². The number of anilines is 3. The number of pyridine rings is 1. The lowest BCUT2D eigenvalue weighted by molar-refractivity contribution is -0.0262. The van der Waals surface area contributed by atoms with E-state index in [-0.39, 0.29) is 18.7 Å².